The standard InChI is InChI=1S/C9H8ClF2N5O2/c1-16-4(10)2-13-5(16)3-17-7(8(11)12)6(9(18)19)14-15-17/h2,8H,3H2,1H3,(H,18,19). The van der Waals surface area contributed by atoms with E-state index in [9.17, 15) is 13.6 Å². The molecule has 0 unspecified atom stereocenters. The molecule has 0 fully saturated rings. The molecular weight excluding hydrogens is 284 g/mol. The molecule has 10 heteroatoms. The molecule has 2 aromatic rings. The average molecular weight is 292 g/mol. The third kappa shape index (κ3) is 2.41. The van der Waals surface area contributed by atoms with Gasteiger partial charge in [0, 0.05) is 7.05 Å². The molecule has 0 aliphatic rings. The minimum atomic E-state index is -3.00. The normalized spacial score (nSPS) is 11.2. The van der Waals surface area contributed by atoms with Gasteiger partial charge in [-0.2, -0.15) is 0 Å². The summed E-state index contributed by atoms with van der Waals surface area (Å²) in [5, 5.41) is 15.7. The maximum Gasteiger partial charge on any atom is 0.358 e. The van der Waals surface area contributed by atoms with Crippen LogP contribution in [0.1, 0.15) is 28.4 Å². The summed E-state index contributed by atoms with van der Waals surface area (Å²) in [6.45, 7) is -0.150. The average Bonchev–Trinajstić information content (AvgIpc) is 2.88. The fraction of sp³-hybridized carbons (Fsp3) is 0.333. The maximum absolute atomic E-state index is 12.9. The lowest BCUT2D eigenvalue weighted by Gasteiger charge is -2.06. The Morgan fingerprint density at radius 2 is 2.26 bits per heavy atom. The van der Waals surface area contributed by atoms with Gasteiger partial charge in [0.05, 0.1) is 6.20 Å². The Morgan fingerprint density at radius 1 is 1.58 bits per heavy atom. The van der Waals surface area contributed by atoms with Gasteiger partial charge in [-0.3, -0.25) is 0 Å². The lowest BCUT2D eigenvalue weighted by Crippen LogP contribution is -2.12. The summed E-state index contributed by atoms with van der Waals surface area (Å²) in [6.07, 6.45) is -1.65. The van der Waals surface area contributed by atoms with Gasteiger partial charge in [-0.1, -0.05) is 16.8 Å². The zero-order chi connectivity index (χ0) is 14.2. The predicted octanol–water partition coefficient (Wildman–Crippen LogP) is 1.35. The van der Waals surface area contributed by atoms with Crippen molar-refractivity contribution in [3.05, 3.63) is 28.6 Å². The van der Waals surface area contributed by atoms with Crippen molar-refractivity contribution in [2.75, 3.05) is 0 Å². The van der Waals surface area contributed by atoms with Gasteiger partial charge >= 0.3 is 5.97 Å². The van der Waals surface area contributed by atoms with E-state index in [-0.39, 0.29) is 6.54 Å². The quantitative estimate of drug-likeness (QED) is 0.919. The number of aromatic nitrogens is 5. The number of aromatic carboxylic acids is 1. The van der Waals surface area contributed by atoms with E-state index in [0.29, 0.717) is 11.0 Å². The topological polar surface area (TPSA) is 85.8 Å². The molecule has 2 heterocycles. The number of rotatable bonds is 4. The molecule has 0 amide bonds. The van der Waals surface area contributed by atoms with Crippen LogP contribution in [0.2, 0.25) is 5.15 Å². The number of halogens is 3. The molecule has 2 aromatic heterocycles. The molecule has 0 bridgehead atoms. The molecule has 0 aromatic carbocycles. The first kappa shape index (κ1) is 13.4. The smallest absolute Gasteiger partial charge is 0.358 e. The zero-order valence-corrected chi connectivity index (χ0v) is 10.3. The molecule has 0 atom stereocenters. The second-order valence-corrected chi connectivity index (χ2v) is 4.03. The molecule has 19 heavy (non-hydrogen) atoms. The highest BCUT2D eigenvalue weighted by atomic mass is 35.5. The van der Waals surface area contributed by atoms with E-state index >= 15 is 0 Å². The molecular formula is C9H8ClF2N5O2. The first-order valence-electron chi connectivity index (χ1n) is 5.02. The first-order valence-corrected chi connectivity index (χ1v) is 5.40. The molecule has 0 aliphatic carbocycles. The number of carboxylic acids is 1. The number of imidazole rings is 1. The number of alkyl halides is 2. The fourth-order valence-electron chi connectivity index (χ4n) is 1.51. The van der Waals surface area contributed by atoms with Crippen LogP contribution in [0.15, 0.2) is 6.20 Å². The third-order valence-corrected chi connectivity index (χ3v) is 2.85. The minimum absolute atomic E-state index is 0.150. The first-order chi connectivity index (χ1) is 8.91. The molecule has 0 saturated carbocycles. The van der Waals surface area contributed by atoms with Crippen LogP contribution in [-0.4, -0.2) is 35.6 Å². The second kappa shape index (κ2) is 4.92. The van der Waals surface area contributed by atoms with Gasteiger partial charge in [0.15, 0.2) is 5.69 Å². The number of nitrogens with zero attached hydrogens (tertiary/aromatic N) is 5. The van der Waals surface area contributed by atoms with Crippen LogP contribution in [-0.2, 0) is 13.6 Å². The molecule has 7 nitrogen and oxygen atoms in total. The lowest BCUT2D eigenvalue weighted by molar-refractivity contribution is 0.0675. The Balaban J connectivity index is 2.41. The van der Waals surface area contributed by atoms with E-state index in [1.807, 2.05) is 0 Å². The molecule has 0 radical (unpaired) electrons. The molecule has 2 rings (SSSR count). The maximum atomic E-state index is 12.9. The summed E-state index contributed by atoms with van der Waals surface area (Å²) in [5.41, 5.74) is -1.53. The number of carbonyl (C=O) groups is 1. The van der Waals surface area contributed by atoms with Crippen molar-refractivity contribution in [1.82, 2.24) is 24.5 Å². The highest BCUT2D eigenvalue weighted by molar-refractivity contribution is 6.29. The molecule has 1 N–H and O–H groups in total. The van der Waals surface area contributed by atoms with Crippen LogP contribution in [0, 0.1) is 0 Å². The molecule has 0 spiro atoms. The van der Waals surface area contributed by atoms with E-state index in [0.717, 1.165) is 4.68 Å². The van der Waals surface area contributed by atoms with Gasteiger partial charge in [-0.15, -0.1) is 5.10 Å². The SMILES string of the molecule is Cn1c(Cl)cnc1Cn1nnc(C(=O)O)c1C(F)F. The van der Waals surface area contributed by atoms with Crippen molar-refractivity contribution < 1.29 is 18.7 Å². The summed E-state index contributed by atoms with van der Waals surface area (Å²) in [7, 11) is 1.60. The Bertz CT molecular complexity index is 624. The number of hydrogen-bond donors (Lipinski definition) is 1. The second-order valence-electron chi connectivity index (χ2n) is 3.64. The van der Waals surface area contributed by atoms with E-state index in [2.05, 4.69) is 15.3 Å². The lowest BCUT2D eigenvalue weighted by atomic mass is 10.3. The zero-order valence-electron chi connectivity index (χ0n) is 9.59. The van der Waals surface area contributed by atoms with E-state index in [1.165, 1.54) is 10.8 Å². The minimum Gasteiger partial charge on any atom is -0.476 e. The Labute approximate surface area is 110 Å². The fourth-order valence-corrected chi connectivity index (χ4v) is 1.66. The van der Waals surface area contributed by atoms with Gasteiger partial charge in [0.1, 0.15) is 23.2 Å². The summed E-state index contributed by atoms with van der Waals surface area (Å²) in [6, 6.07) is 0. The molecule has 0 aliphatic heterocycles. The summed E-state index contributed by atoms with van der Waals surface area (Å²) in [4.78, 5) is 14.7. The van der Waals surface area contributed by atoms with Crippen LogP contribution in [0.3, 0.4) is 0 Å². The van der Waals surface area contributed by atoms with E-state index in [1.54, 1.807) is 7.05 Å². The van der Waals surface area contributed by atoms with Crippen LogP contribution >= 0.6 is 11.6 Å². The van der Waals surface area contributed by atoms with Crippen molar-refractivity contribution in [3.8, 4) is 0 Å². The van der Waals surface area contributed by atoms with Crippen molar-refractivity contribution in [2.24, 2.45) is 7.05 Å². The molecule has 0 saturated heterocycles. The Morgan fingerprint density at radius 3 is 2.74 bits per heavy atom. The van der Waals surface area contributed by atoms with Gasteiger partial charge in [-0.05, 0) is 0 Å². The van der Waals surface area contributed by atoms with E-state index < -0.39 is 23.8 Å². The van der Waals surface area contributed by atoms with Crippen LogP contribution in [0.4, 0.5) is 8.78 Å². The number of carboxylic acid groups (broad SMARTS) is 1. The van der Waals surface area contributed by atoms with Crippen molar-refractivity contribution >= 4 is 17.6 Å². The third-order valence-electron chi connectivity index (χ3n) is 2.50. The van der Waals surface area contributed by atoms with E-state index in [4.69, 9.17) is 16.7 Å². The monoisotopic (exact) mass is 291 g/mol. The summed E-state index contributed by atoms with van der Waals surface area (Å²) < 4.78 is 28.0. The highest BCUT2D eigenvalue weighted by Gasteiger charge is 2.26. The van der Waals surface area contributed by atoms with Gasteiger partial charge in [0.2, 0.25) is 0 Å². The van der Waals surface area contributed by atoms with Crippen molar-refractivity contribution in [1.29, 1.82) is 0 Å². The predicted molar refractivity (Wildman–Crippen MR) is 59.3 cm³/mol. The highest BCUT2D eigenvalue weighted by Crippen LogP contribution is 2.22. The molecule has 102 valence electrons. The van der Waals surface area contributed by atoms with Crippen LogP contribution < -0.4 is 0 Å². The summed E-state index contributed by atoms with van der Waals surface area (Å²) in [5.74, 6) is -1.20. The summed E-state index contributed by atoms with van der Waals surface area (Å²) >= 11 is 5.77. The Kier molecular flexibility index (Phi) is 3.47. The van der Waals surface area contributed by atoms with Crippen molar-refractivity contribution in [2.45, 2.75) is 13.0 Å². The van der Waals surface area contributed by atoms with Crippen LogP contribution in [0.25, 0.3) is 0 Å². The van der Waals surface area contributed by atoms with Crippen LogP contribution in [0.5, 0.6) is 0 Å². The van der Waals surface area contributed by atoms with Gasteiger partial charge < -0.3 is 9.67 Å². The van der Waals surface area contributed by atoms with Gasteiger partial charge in [0.25, 0.3) is 6.43 Å². The number of hydrogen-bond acceptors (Lipinski definition) is 4. The largest absolute Gasteiger partial charge is 0.476 e. The van der Waals surface area contributed by atoms with Gasteiger partial charge in [-0.25, -0.2) is 23.2 Å². The van der Waals surface area contributed by atoms with Crippen molar-refractivity contribution in [3.63, 3.8) is 0 Å². The Hall–Kier alpha value is -2.03.